The van der Waals surface area contributed by atoms with Crippen molar-refractivity contribution in [2.75, 3.05) is 0 Å². The van der Waals surface area contributed by atoms with E-state index < -0.39 is 0 Å². The minimum atomic E-state index is 0.533. The van der Waals surface area contributed by atoms with E-state index in [1.165, 1.54) is 5.56 Å². The summed E-state index contributed by atoms with van der Waals surface area (Å²) in [5.41, 5.74) is 1.20. The molecule has 1 aromatic heterocycles. The van der Waals surface area contributed by atoms with E-state index in [-0.39, 0.29) is 0 Å². The van der Waals surface area contributed by atoms with Gasteiger partial charge < -0.3 is 0 Å². The molecule has 0 radical (unpaired) electrons. The number of halogens is 1. The van der Waals surface area contributed by atoms with Gasteiger partial charge in [-0.15, -0.1) is 0 Å². The van der Waals surface area contributed by atoms with Crippen LogP contribution in [0.1, 0.15) is 31.7 Å². The molecule has 60 valence electrons. The topological polar surface area (TPSA) is 12.9 Å². The number of hydrogen-bond donors (Lipinski definition) is 0. The number of pyridine rings is 1. The van der Waals surface area contributed by atoms with Crippen molar-refractivity contribution >= 4 is 11.6 Å². The minimum Gasteiger partial charge on any atom is -0.263 e. The quantitative estimate of drug-likeness (QED) is 0.663. The molecule has 0 N–H and O–H groups in total. The Balaban J connectivity index is 2.93. The maximum atomic E-state index is 5.94. The van der Waals surface area contributed by atoms with E-state index in [0.29, 0.717) is 5.92 Å². The average molecular weight is 170 g/mol. The molecule has 1 unspecified atom stereocenters. The van der Waals surface area contributed by atoms with Crippen LogP contribution < -0.4 is 0 Å². The summed E-state index contributed by atoms with van der Waals surface area (Å²) in [6.45, 7) is 4.32. The summed E-state index contributed by atoms with van der Waals surface area (Å²) in [4.78, 5) is 3.93. The molecule has 0 aromatic carbocycles. The van der Waals surface area contributed by atoms with Crippen molar-refractivity contribution in [1.29, 1.82) is 0 Å². The highest BCUT2D eigenvalue weighted by Crippen LogP contribution is 2.24. The van der Waals surface area contributed by atoms with Gasteiger partial charge in [0.25, 0.3) is 0 Å². The van der Waals surface area contributed by atoms with Crippen molar-refractivity contribution in [3.8, 4) is 0 Å². The minimum absolute atomic E-state index is 0.533. The molecule has 0 bridgehead atoms. The van der Waals surface area contributed by atoms with Gasteiger partial charge in [-0.2, -0.15) is 0 Å². The molecule has 0 saturated heterocycles. The number of aromatic nitrogens is 1. The van der Waals surface area contributed by atoms with Gasteiger partial charge in [0.05, 0.1) is 5.02 Å². The first-order valence-corrected chi connectivity index (χ1v) is 4.23. The molecule has 0 amide bonds. The van der Waals surface area contributed by atoms with Crippen molar-refractivity contribution in [2.45, 2.75) is 26.2 Å². The standard InChI is InChI=1S/C9H12ClN/c1-3-7(2)8-4-5-11-6-9(8)10/h4-7H,3H2,1-2H3. The second kappa shape index (κ2) is 3.72. The predicted octanol–water partition coefficient (Wildman–Crippen LogP) is 3.25. The molecule has 0 fully saturated rings. The zero-order chi connectivity index (χ0) is 8.27. The fraction of sp³-hybridized carbons (Fsp3) is 0.444. The molecule has 1 rings (SSSR count). The third-order valence-corrected chi connectivity index (χ3v) is 2.26. The monoisotopic (exact) mass is 169 g/mol. The van der Waals surface area contributed by atoms with E-state index >= 15 is 0 Å². The van der Waals surface area contributed by atoms with Crippen molar-refractivity contribution in [1.82, 2.24) is 4.98 Å². The lowest BCUT2D eigenvalue weighted by Crippen LogP contribution is -1.92. The first-order chi connectivity index (χ1) is 5.25. The predicted molar refractivity (Wildman–Crippen MR) is 48.0 cm³/mol. The van der Waals surface area contributed by atoms with Crippen molar-refractivity contribution in [3.05, 3.63) is 29.0 Å². The van der Waals surface area contributed by atoms with Crippen LogP contribution in [0.4, 0.5) is 0 Å². The van der Waals surface area contributed by atoms with Crippen LogP contribution in [0.5, 0.6) is 0 Å². The zero-order valence-electron chi connectivity index (χ0n) is 6.84. The fourth-order valence-electron chi connectivity index (χ4n) is 1.01. The van der Waals surface area contributed by atoms with Crippen LogP contribution in [0.15, 0.2) is 18.5 Å². The summed E-state index contributed by atoms with van der Waals surface area (Å²) in [5, 5.41) is 0.779. The van der Waals surface area contributed by atoms with Gasteiger partial charge in [-0.3, -0.25) is 4.98 Å². The van der Waals surface area contributed by atoms with Crippen LogP contribution in [-0.2, 0) is 0 Å². The summed E-state index contributed by atoms with van der Waals surface area (Å²) < 4.78 is 0. The fourth-order valence-corrected chi connectivity index (χ4v) is 1.31. The third kappa shape index (κ3) is 1.93. The molecule has 0 saturated carbocycles. The van der Waals surface area contributed by atoms with Crippen LogP contribution in [0.25, 0.3) is 0 Å². The van der Waals surface area contributed by atoms with Gasteiger partial charge in [0, 0.05) is 12.4 Å². The molecule has 1 aromatic rings. The second-order valence-corrected chi connectivity index (χ2v) is 3.11. The Kier molecular flexibility index (Phi) is 2.89. The molecular formula is C9H12ClN. The van der Waals surface area contributed by atoms with Gasteiger partial charge >= 0.3 is 0 Å². The molecule has 2 heteroatoms. The van der Waals surface area contributed by atoms with Gasteiger partial charge in [0.2, 0.25) is 0 Å². The van der Waals surface area contributed by atoms with Crippen LogP contribution in [-0.4, -0.2) is 4.98 Å². The summed E-state index contributed by atoms with van der Waals surface area (Å²) >= 11 is 5.94. The van der Waals surface area contributed by atoms with E-state index in [1.54, 1.807) is 12.4 Å². The molecule has 0 aliphatic carbocycles. The van der Waals surface area contributed by atoms with E-state index in [1.807, 2.05) is 6.07 Å². The van der Waals surface area contributed by atoms with Gasteiger partial charge in [-0.1, -0.05) is 25.4 Å². The average Bonchev–Trinajstić information content (AvgIpc) is 2.04. The maximum absolute atomic E-state index is 5.94. The second-order valence-electron chi connectivity index (χ2n) is 2.71. The Bertz CT molecular complexity index is 235. The summed E-state index contributed by atoms with van der Waals surface area (Å²) in [6.07, 6.45) is 4.60. The van der Waals surface area contributed by atoms with Crippen LogP contribution in [0, 0.1) is 0 Å². The Morgan fingerprint density at radius 1 is 1.64 bits per heavy atom. The maximum Gasteiger partial charge on any atom is 0.0623 e. The van der Waals surface area contributed by atoms with Crippen molar-refractivity contribution in [3.63, 3.8) is 0 Å². The van der Waals surface area contributed by atoms with Gasteiger partial charge in [0.1, 0.15) is 0 Å². The summed E-state index contributed by atoms with van der Waals surface area (Å²) in [6, 6.07) is 1.98. The first kappa shape index (κ1) is 8.54. The van der Waals surface area contributed by atoms with E-state index in [0.717, 1.165) is 11.4 Å². The Morgan fingerprint density at radius 3 is 2.91 bits per heavy atom. The largest absolute Gasteiger partial charge is 0.263 e. The number of rotatable bonds is 2. The highest BCUT2D eigenvalue weighted by Gasteiger charge is 2.05. The molecule has 11 heavy (non-hydrogen) atoms. The van der Waals surface area contributed by atoms with Crippen LogP contribution >= 0.6 is 11.6 Å². The van der Waals surface area contributed by atoms with E-state index in [9.17, 15) is 0 Å². The van der Waals surface area contributed by atoms with Crippen molar-refractivity contribution in [2.24, 2.45) is 0 Å². The first-order valence-electron chi connectivity index (χ1n) is 3.85. The highest BCUT2D eigenvalue weighted by molar-refractivity contribution is 6.31. The third-order valence-electron chi connectivity index (χ3n) is 1.95. The normalized spacial score (nSPS) is 13.0. The number of nitrogens with zero attached hydrogens (tertiary/aromatic N) is 1. The Hall–Kier alpha value is -0.560. The molecule has 0 aliphatic heterocycles. The van der Waals surface area contributed by atoms with E-state index in [2.05, 4.69) is 18.8 Å². The molecule has 0 spiro atoms. The lowest BCUT2D eigenvalue weighted by Gasteiger charge is -2.09. The smallest absolute Gasteiger partial charge is 0.0623 e. The Morgan fingerprint density at radius 2 is 2.36 bits per heavy atom. The number of hydrogen-bond acceptors (Lipinski definition) is 1. The summed E-state index contributed by atoms with van der Waals surface area (Å²) in [5.74, 6) is 0.533. The lowest BCUT2D eigenvalue weighted by molar-refractivity contribution is 0.732. The van der Waals surface area contributed by atoms with Crippen LogP contribution in [0.3, 0.4) is 0 Å². The summed E-state index contributed by atoms with van der Waals surface area (Å²) in [7, 11) is 0. The van der Waals surface area contributed by atoms with Gasteiger partial charge in [0.15, 0.2) is 0 Å². The van der Waals surface area contributed by atoms with Gasteiger partial charge in [-0.25, -0.2) is 0 Å². The molecular weight excluding hydrogens is 158 g/mol. The SMILES string of the molecule is CCC(C)c1ccncc1Cl. The molecule has 1 heterocycles. The lowest BCUT2D eigenvalue weighted by atomic mass is 10.0. The Labute approximate surface area is 72.4 Å². The molecule has 1 nitrogen and oxygen atoms in total. The molecule has 0 aliphatic rings. The van der Waals surface area contributed by atoms with E-state index in [4.69, 9.17) is 11.6 Å². The van der Waals surface area contributed by atoms with Crippen molar-refractivity contribution < 1.29 is 0 Å². The zero-order valence-corrected chi connectivity index (χ0v) is 7.60. The molecule has 1 atom stereocenters. The van der Waals surface area contributed by atoms with Gasteiger partial charge in [-0.05, 0) is 24.0 Å². The highest BCUT2D eigenvalue weighted by atomic mass is 35.5. The van der Waals surface area contributed by atoms with Crippen LogP contribution in [0.2, 0.25) is 5.02 Å².